The van der Waals surface area contributed by atoms with Gasteiger partial charge in [0.15, 0.2) is 0 Å². The molecular formula is C13H12BrN3O2. The first kappa shape index (κ1) is 13.5. The first-order valence-electron chi connectivity index (χ1n) is 5.62. The van der Waals surface area contributed by atoms with Crippen LogP contribution in [0.3, 0.4) is 0 Å². The number of rotatable bonds is 3. The molecule has 1 heterocycles. The van der Waals surface area contributed by atoms with Gasteiger partial charge in [-0.3, -0.25) is 15.1 Å². The van der Waals surface area contributed by atoms with Crippen molar-refractivity contribution in [1.82, 2.24) is 4.98 Å². The lowest BCUT2D eigenvalue weighted by Gasteiger charge is -2.10. The summed E-state index contributed by atoms with van der Waals surface area (Å²) >= 11 is 3.23. The summed E-state index contributed by atoms with van der Waals surface area (Å²) in [4.78, 5) is 14.9. The minimum Gasteiger partial charge on any atom is -0.348 e. The summed E-state index contributed by atoms with van der Waals surface area (Å²) in [5.41, 5.74) is 2.94. The molecule has 0 aliphatic rings. The first-order valence-corrected chi connectivity index (χ1v) is 6.42. The first-order chi connectivity index (χ1) is 8.97. The number of benzene rings is 1. The van der Waals surface area contributed by atoms with E-state index in [-0.39, 0.29) is 5.69 Å². The molecule has 0 spiro atoms. The van der Waals surface area contributed by atoms with Crippen molar-refractivity contribution in [1.29, 1.82) is 0 Å². The second-order valence-corrected chi connectivity index (χ2v) is 5.04. The highest BCUT2D eigenvalue weighted by molar-refractivity contribution is 9.10. The Morgan fingerprint density at radius 3 is 2.53 bits per heavy atom. The Labute approximate surface area is 119 Å². The van der Waals surface area contributed by atoms with Gasteiger partial charge in [0, 0.05) is 16.2 Å². The Bertz CT molecular complexity index is 644. The van der Waals surface area contributed by atoms with Crippen LogP contribution in [0.25, 0.3) is 0 Å². The Kier molecular flexibility index (Phi) is 3.80. The van der Waals surface area contributed by atoms with Crippen LogP contribution >= 0.6 is 15.9 Å². The highest BCUT2D eigenvalue weighted by atomic mass is 79.9. The van der Waals surface area contributed by atoms with E-state index in [1.807, 2.05) is 26.0 Å². The van der Waals surface area contributed by atoms with Crippen molar-refractivity contribution in [3.63, 3.8) is 0 Å². The van der Waals surface area contributed by atoms with E-state index in [2.05, 4.69) is 26.2 Å². The molecule has 0 fully saturated rings. The Morgan fingerprint density at radius 2 is 1.89 bits per heavy atom. The lowest BCUT2D eigenvalue weighted by molar-refractivity contribution is -0.384. The quantitative estimate of drug-likeness (QED) is 0.682. The number of aryl methyl sites for hydroxylation is 2. The summed E-state index contributed by atoms with van der Waals surface area (Å²) in [7, 11) is 0. The average molecular weight is 322 g/mol. The molecule has 1 aromatic heterocycles. The van der Waals surface area contributed by atoms with Crippen molar-refractivity contribution in [2.24, 2.45) is 0 Å². The van der Waals surface area contributed by atoms with E-state index < -0.39 is 4.92 Å². The summed E-state index contributed by atoms with van der Waals surface area (Å²) < 4.78 is 0.670. The average Bonchev–Trinajstić information content (AvgIpc) is 2.34. The standard InChI is InChI=1S/C13H12BrN3O2/c1-8-3-5-11(9(2)15-8)16-12-6-4-10(14)7-13(12)17(18)19/h3-7,16H,1-2H3. The van der Waals surface area contributed by atoms with Gasteiger partial charge in [0.05, 0.1) is 16.3 Å². The molecule has 0 radical (unpaired) electrons. The predicted octanol–water partition coefficient (Wildman–Crippen LogP) is 4.11. The smallest absolute Gasteiger partial charge is 0.293 e. The van der Waals surface area contributed by atoms with Gasteiger partial charge in [-0.2, -0.15) is 0 Å². The summed E-state index contributed by atoms with van der Waals surface area (Å²) in [5, 5.41) is 14.1. The van der Waals surface area contributed by atoms with Gasteiger partial charge in [-0.05, 0) is 38.1 Å². The van der Waals surface area contributed by atoms with Gasteiger partial charge in [0.2, 0.25) is 0 Å². The maximum atomic E-state index is 11.0. The third-order valence-electron chi connectivity index (χ3n) is 2.65. The van der Waals surface area contributed by atoms with Crippen molar-refractivity contribution in [2.75, 3.05) is 5.32 Å². The van der Waals surface area contributed by atoms with Crippen LogP contribution in [-0.2, 0) is 0 Å². The van der Waals surface area contributed by atoms with E-state index in [0.29, 0.717) is 10.2 Å². The molecule has 19 heavy (non-hydrogen) atoms. The van der Waals surface area contributed by atoms with Crippen LogP contribution in [0.15, 0.2) is 34.8 Å². The van der Waals surface area contributed by atoms with E-state index in [1.165, 1.54) is 6.07 Å². The van der Waals surface area contributed by atoms with Crippen molar-refractivity contribution in [3.05, 3.63) is 56.3 Å². The Hall–Kier alpha value is -1.95. The minimum atomic E-state index is -0.413. The zero-order chi connectivity index (χ0) is 14.0. The molecule has 6 heteroatoms. The molecule has 2 aromatic rings. The Balaban J connectivity index is 2.40. The molecule has 0 saturated heterocycles. The van der Waals surface area contributed by atoms with Gasteiger partial charge in [-0.1, -0.05) is 15.9 Å². The van der Waals surface area contributed by atoms with E-state index in [0.717, 1.165) is 17.1 Å². The summed E-state index contributed by atoms with van der Waals surface area (Å²) in [6.45, 7) is 3.76. The Morgan fingerprint density at radius 1 is 1.21 bits per heavy atom. The molecule has 0 atom stereocenters. The minimum absolute atomic E-state index is 0.0225. The molecule has 0 unspecified atom stereocenters. The van der Waals surface area contributed by atoms with Gasteiger partial charge in [-0.25, -0.2) is 0 Å². The van der Waals surface area contributed by atoms with Crippen LogP contribution in [0.5, 0.6) is 0 Å². The molecule has 1 N–H and O–H groups in total. The lowest BCUT2D eigenvalue weighted by Crippen LogP contribution is -2.00. The zero-order valence-corrected chi connectivity index (χ0v) is 12.1. The number of halogens is 1. The number of pyridine rings is 1. The van der Waals surface area contributed by atoms with Crippen LogP contribution < -0.4 is 5.32 Å². The van der Waals surface area contributed by atoms with Crippen LogP contribution in [0, 0.1) is 24.0 Å². The number of hydrogen-bond acceptors (Lipinski definition) is 4. The van der Waals surface area contributed by atoms with Crippen LogP contribution in [0.2, 0.25) is 0 Å². The highest BCUT2D eigenvalue weighted by Crippen LogP contribution is 2.31. The molecule has 0 bridgehead atoms. The normalized spacial score (nSPS) is 10.3. The second kappa shape index (κ2) is 5.36. The van der Waals surface area contributed by atoms with Crippen LogP contribution in [-0.4, -0.2) is 9.91 Å². The summed E-state index contributed by atoms with van der Waals surface area (Å²) in [5.74, 6) is 0. The number of aromatic nitrogens is 1. The maximum Gasteiger partial charge on any atom is 0.293 e. The fourth-order valence-corrected chi connectivity index (χ4v) is 2.07. The van der Waals surface area contributed by atoms with Crippen molar-refractivity contribution in [3.8, 4) is 0 Å². The van der Waals surface area contributed by atoms with Crippen molar-refractivity contribution < 1.29 is 4.92 Å². The molecule has 0 aliphatic carbocycles. The van der Waals surface area contributed by atoms with Gasteiger partial charge in [0.1, 0.15) is 5.69 Å². The van der Waals surface area contributed by atoms with Gasteiger partial charge >= 0.3 is 0 Å². The topological polar surface area (TPSA) is 68.1 Å². The fraction of sp³-hybridized carbons (Fsp3) is 0.154. The molecule has 1 aromatic carbocycles. The monoisotopic (exact) mass is 321 g/mol. The van der Waals surface area contributed by atoms with E-state index >= 15 is 0 Å². The van der Waals surface area contributed by atoms with E-state index in [9.17, 15) is 10.1 Å². The van der Waals surface area contributed by atoms with Gasteiger partial charge in [-0.15, -0.1) is 0 Å². The SMILES string of the molecule is Cc1ccc(Nc2ccc(Br)cc2[N+](=O)[O-])c(C)n1. The second-order valence-electron chi connectivity index (χ2n) is 4.13. The number of nitro groups is 1. The van der Waals surface area contributed by atoms with Crippen LogP contribution in [0.4, 0.5) is 17.1 Å². The molecule has 98 valence electrons. The summed E-state index contributed by atoms with van der Waals surface area (Å²) in [6.07, 6.45) is 0. The largest absolute Gasteiger partial charge is 0.348 e. The number of anilines is 2. The molecule has 5 nitrogen and oxygen atoms in total. The number of nitrogens with zero attached hydrogens (tertiary/aromatic N) is 2. The zero-order valence-electron chi connectivity index (χ0n) is 10.5. The number of nitro benzene ring substituents is 1. The molecule has 2 rings (SSSR count). The van der Waals surface area contributed by atoms with Crippen LogP contribution in [0.1, 0.15) is 11.4 Å². The van der Waals surface area contributed by atoms with Gasteiger partial charge < -0.3 is 5.32 Å². The van der Waals surface area contributed by atoms with Crippen molar-refractivity contribution >= 4 is 33.0 Å². The third-order valence-corrected chi connectivity index (χ3v) is 3.14. The number of hydrogen-bond donors (Lipinski definition) is 1. The third kappa shape index (κ3) is 3.08. The number of nitrogens with one attached hydrogen (secondary N) is 1. The predicted molar refractivity (Wildman–Crippen MR) is 77.8 cm³/mol. The maximum absolute atomic E-state index is 11.0. The molecule has 0 saturated carbocycles. The molecular weight excluding hydrogens is 310 g/mol. The van der Waals surface area contributed by atoms with Crippen molar-refractivity contribution in [2.45, 2.75) is 13.8 Å². The highest BCUT2D eigenvalue weighted by Gasteiger charge is 2.15. The van der Waals surface area contributed by atoms with Gasteiger partial charge in [0.25, 0.3) is 5.69 Å². The molecule has 0 aliphatic heterocycles. The van der Waals surface area contributed by atoms with E-state index in [4.69, 9.17) is 0 Å². The molecule has 0 amide bonds. The fourth-order valence-electron chi connectivity index (χ4n) is 1.73. The lowest BCUT2D eigenvalue weighted by atomic mass is 10.2. The summed E-state index contributed by atoms with van der Waals surface area (Å²) in [6, 6.07) is 8.62. The van der Waals surface area contributed by atoms with E-state index in [1.54, 1.807) is 12.1 Å².